The van der Waals surface area contributed by atoms with Gasteiger partial charge in [-0.2, -0.15) is 5.10 Å². The molecule has 1 aliphatic rings. The third kappa shape index (κ3) is 4.14. The number of rotatable bonds is 5. The second kappa shape index (κ2) is 8.17. The first kappa shape index (κ1) is 17.6. The number of nitrogens with one attached hydrogen (secondary N) is 2. The van der Waals surface area contributed by atoms with Crippen LogP contribution in [0.25, 0.3) is 11.5 Å². The second-order valence-corrected chi connectivity index (χ2v) is 5.86. The Morgan fingerprint density at radius 1 is 1.43 bits per heavy atom. The van der Waals surface area contributed by atoms with Gasteiger partial charge in [-0.05, 0) is 30.9 Å². The zero-order chi connectivity index (χ0) is 15.4. The lowest BCUT2D eigenvalue weighted by molar-refractivity contribution is 0.0910. The molecule has 0 aliphatic heterocycles. The van der Waals surface area contributed by atoms with Crippen LogP contribution in [0.1, 0.15) is 42.6 Å². The lowest BCUT2D eigenvalue weighted by Crippen LogP contribution is -2.46. The highest BCUT2D eigenvalue weighted by Crippen LogP contribution is 2.26. The van der Waals surface area contributed by atoms with Gasteiger partial charge in [0.05, 0.1) is 6.26 Å². The van der Waals surface area contributed by atoms with Crippen molar-refractivity contribution in [1.29, 1.82) is 0 Å². The summed E-state index contributed by atoms with van der Waals surface area (Å²) in [5.41, 5.74) is 6.91. The van der Waals surface area contributed by atoms with Gasteiger partial charge in [-0.1, -0.05) is 19.3 Å². The summed E-state index contributed by atoms with van der Waals surface area (Å²) in [5.74, 6) is 0.954. The average molecular weight is 339 g/mol. The molecule has 2 aromatic rings. The molecule has 0 saturated heterocycles. The van der Waals surface area contributed by atoms with E-state index in [0.29, 0.717) is 29.6 Å². The number of halogens is 1. The Balaban J connectivity index is 0.00000192. The summed E-state index contributed by atoms with van der Waals surface area (Å²) in [6.07, 6.45) is 7.60. The zero-order valence-electron chi connectivity index (χ0n) is 13.0. The molecular formula is C16H23ClN4O2. The van der Waals surface area contributed by atoms with Crippen LogP contribution in [0, 0.1) is 5.92 Å². The van der Waals surface area contributed by atoms with E-state index in [-0.39, 0.29) is 24.4 Å². The number of H-pyrrole nitrogens is 1. The minimum Gasteiger partial charge on any atom is -0.463 e. The molecule has 6 nitrogen and oxygen atoms in total. The molecule has 1 aliphatic carbocycles. The SMILES string of the molecule is Cl.NCC(NC(=O)c1cc(-c2ccco2)[nH]n1)C1CCCCC1. The van der Waals surface area contributed by atoms with Crippen LogP contribution in [0.2, 0.25) is 0 Å². The molecule has 7 heteroatoms. The minimum atomic E-state index is -0.185. The Morgan fingerprint density at radius 3 is 2.87 bits per heavy atom. The first-order valence-corrected chi connectivity index (χ1v) is 7.88. The number of amides is 1. The highest BCUT2D eigenvalue weighted by Gasteiger charge is 2.25. The summed E-state index contributed by atoms with van der Waals surface area (Å²) >= 11 is 0. The molecule has 23 heavy (non-hydrogen) atoms. The van der Waals surface area contributed by atoms with E-state index in [1.54, 1.807) is 18.4 Å². The summed E-state index contributed by atoms with van der Waals surface area (Å²) in [4.78, 5) is 12.4. The fourth-order valence-corrected chi connectivity index (χ4v) is 3.14. The van der Waals surface area contributed by atoms with Gasteiger partial charge in [-0.25, -0.2) is 0 Å². The molecule has 1 unspecified atom stereocenters. The number of carbonyl (C=O) groups is 1. The van der Waals surface area contributed by atoms with Crippen molar-refractivity contribution in [3.63, 3.8) is 0 Å². The van der Waals surface area contributed by atoms with Crippen molar-refractivity contribution in [1.82, 2.24) is 15.5 Å². The Kier molecular flexibility index (Phi) is 6.24. The molecule has 0 spiro atoms. The first-order valence-electron chi connectivity index (χ1n) is 7.88. The number of nitrogens with zero attached hydrogens (tertiary/aromatic N) is 1. The van der Waals surface area contributed by atoms with Crippen LogP contribution in [0.3, 0.4) is 0 Å². The van der Waals surface area contributed by atoms with Crippen molar-refractivity contribution < 1.29 is 9.21 Å². The summed E-state index contributed by atoms with van der Waals surface area (Å²) in [5, 5.41) is 9.93. The van der Waals surface area contributed by atoms with Gasteiger partial charge in [0.1, 0.15) is 5.69 Å². The van der Waals surface area contributed by atoms with Crippen LogP contribution in [0.4, 0.5) is 0 Å². The predicted molar refractivity (Wildman–Crippen MR) is 90.4 cm³/mol. The number of hydrogen-bond donors (Lipinski definition) is 3. The standard InChI is InChI=1S/C16H22N4O2.ClH/c17-10-14(11-5-2-1-3-6-11)18-16(21)13-9-12(19-20-13)15-7-4-8-22-15;/h4,7-9,11,14H,1-3,5-6,10,17H2,(H,18,21)(H,19,20);1H. The van der Waals surface area contributed by atoms with E-state index in [0.717, 1.165) is 12.8 Å². The van der Waals surface area contributed by atoms with Gasteiger partial charge >= 0.3 is 0 Å². The highest BCUT2D eigenvalue weighted by atomic mass is 35.5. The minimum absolute atomic E-state index is 0. The summed E-state index contributed by atoms with van der Waals surface area (Å²) < 4.78 is 5.29. The van der Waals surface area contributed by atoms with Crippen molar-refractivity contribution in [3.05, 3.63) is 30.2 Å². The Labute approximate surface area is 141 Å². The molecule has 126 valence electrons. The molecule has 2 heterocycles. The molecule has 4 N–H and O–H groups in total. The van der Waals surface area contributed by atoms with Gasteiger partial charge in [0.15, 0.2) is 11.5 Å². The first-order chi connectivity index (χ1) is 10.8. The van der Waals surface area contributed by atoms with Gasteiger partial charge in [-0.15, -0.1) is 12.4 Å². The van der Waals surface area contributed by atoms with E-state index in [4.69, 9.17) is 10.2 Å². The number of hydrogen-bond acceptors (Lipinski definition) is 4. The van der Waals surface area contributed by atoms with E-state index < -0.39 is 0 Å². The number of aromatic amines is 1. The van der Waals surface area contributed by atoms with Crippen LogP contribution >= 0.6 is 12.4 Å². The Morgan fingerprint density at radius 2 is 2.22 bits per heavy atom. The van der Waals surface area contributed by atoms with Crippen molar-refractivity contribution in [2.75, 3.05) is 6.54 Å². The largest absolute Gasteiger partial charge is 0.463 e. The molecule has 2 aromatic heterocycles. The molecular weight excluding hydrogens is 316 g/mol. The zero-order valence-corrected chi connectivity index (χ0v) is 13.8. The van der Waals surface area contributed by atoms with Crippen LogP contribution < -0.4 is 11.1 Å². The number of furan rings is 1. The predicted octanol–water partition coefficient (Wildman–Crippen LogP) is 2.73. The third-order valence-electron chi connectivity index (χ3n) is 4.39. The van der Waals surface area contributed by atoms with E-state index >= 15 is 0 Å². The van der Waals surface area contributed by atoms with Crippen molar-refractivity contribution in [3.8, 4) is 11.5 Å². The average Bonchev–Trinajstić information content (AvgIpc) is 3.23. The molecule has 3 rings (SSSR count). The maximum atomic E-state index is 12.4. The fourth-order valence-electron chi connectivity index (χ4n) is 3.14. The summed E-state index contributed by atoms with van der Waals surface area (Å²) in [6.45, 7) is 0.464. The third-order valence-corrected chi connectivity index (χ3v) is 4.39. The molecule has 0 radical (unpaired) electrons. The molecule has 0 bridgehead atoms. The lowest BCUT2D eigenvalue weighted by atomic mass is 9.84. The van der Waals surface area contributed by atoms with Crippen molar-refractivity contribution in [2.45, 2.75) is 38.1 Å². The van der Waals surface area contributed by atoms with Gasteiger partial charge in [0.25, 0.3) is 5.91 Å². The summed E-state index contributed by atoms with van der Waals surface area (Å²) in [6, 6.07) is 5.34. The maximum absolute atomic E-state index is 12.4. The molecule has 1 amide bonds. The smallest absolute Gasteiger partial charge is 0.272 e. The van der Waals surface area contributed by atoms with Gasteiger partial charge < -0.3 is 15.5 Å². The normalized spacial score (nSPS) is 16.6. The quantitative estimate of drug-likeness (QED) is 0.780. The highest BCUT2D eigenvalue weighted by molar-refractivity contribution is 5.93. The molecule has 0 aromatic carbocycles. The van der Waals surface area contributed by atoms with Gasteiger partial charge in [0, 0.05) is 18.7 Å². The number of aromatic nitrogens is 2. The van der Waals surface area contributed by atoms with E-state index in [1.807, 2.05) is 6.07 Å². The van der Waals surface area contributed by atoms with Crippen molar-refractivity contribution in [2.24, 2.45) is 11.7 Å². The number of nitrogens with two attached hydrogens (primary N) is 1. The van der Waals surface area contributed by atoms with Crippen LogP contribution in [-0.2, 0) is 0 Å². The Hall–Kier alpha value is -1.79. The van der Waals surface area contributed by atoms with E-state index in [9.17, 15) is 4.79 Å². The second-order valence-electron chi connectivity index (χ2n) is 5.86. The van der Waals surface area contributed by atoms with Gasteiger partial charge in [-0.3, -0.25) is 9.89 Å². The lowest BCUT2D eigenvalue weighted by Gasteiger charge is -2.29. The topological polar surface area (TPSA) is 96.9 Å². The fraction of sp³-hybridized carbons (Fsp3) is 0.500. The molecule has 1 atom stereocenters. The van der Waals surface area contributed by atoms with Crippen LogP contribution in [-0.4, -0.2) is 28.7 Å². The van der Waals surface area contributed by atoms with Crippen LogP contribution in [0.15, 0.2) is 28.9 Å². The van der Waals surface area contributed by atoms with Crippen molar-refractivity contribution >= 4 is 18.3 Å². The van der Waals surface area contributed by atoms with Crippen LogP contribution in [0.5, 0.6) is 0 Å². The van der Waals surface area contributed by atoms with E-state index in [1.165, 1.54) is 19.3 Å². The monoisotopic (exact) mass is 338 g/mol. The molecule has 1 fully saturated rings. The summed E-state index contributed by atoms with van der Waals surface area (Å²) in [7, 11) is 0. The molecule has 1 saturated carbocycles. The maximum Gasteiger partial charge on any atom is 0.272 e. The van der Waals surface area contributed by atoms with Gasteiger partial charge in [0.2, 0.25) is 0 Å². The van der Waals surface area contributed by atoms with E-state index in [2.05, 4.69) is 15.5 Å². The number of carbonyl (C=O) groups excluding carboxylic acids is 1. The Bertz CT molecular complexity index is 605.